The summed E-state index contributed by atoms with van der Waals surface area (Å²) in [5.41, 5.74) is 5.72. The first kappa shape index (κ1) is 11.6. The van der Waals surface area contributed by atoms with Gasteiger partial charge >= 0.3 is 0 Å². The maximum atomic E-state index is 8.98. The third-order valence-corrected chi connectivity index (χ3v) is 3.59. The van der Waals surface area contributed by atoms with Gasteiger partial charge in [-0.15, -0.1) is 0 Å². The molecule has 3 heteroatoms. The van der Waals surface area contributed by atoms with Crippen LogP contribution in [0.15, 0.2) is 42.5 Å². The number of rotatable bonds is 2. The van der Waals surface area contributed by atoms with Crippen molar-refractivity contribution in [2.24, 2.45) is 0 Å². The number of hydrogen-bond acceptors (Lipinski definition) is 3. The average Bonchev–Trinajstić information content (AvgIpc) is 2.91. The van der Waals surface area contributed by atoms with Crippen molar-refractivity contribution in [1.82, 2.24) is 0 Å². The minimum absolute atomic E-state index is 0.710. The largest absolute Gasteiger partial charge is 0.388 e. The van der Waals surface area contributed by atoms with E-state index in [1.165, 1.54) is 16.8 Å². The predicted molar refractivity (Wildman–Crippen MR) is 77.0 cm³/mol. The molecule has 3 rings (SSSR count). The van der Waals surface area contributed by atoms with Crippen molar-refractivity contribution in [2.75, 3.05) is 17.3 Å². The molecular formula is C16H15N3. The van der Waals surface area contributed by atoms with Gasteiger partial charge in [-0.05, 0) is 35.4 Å². The molecule has 0 saturated heterocycles. The molecule has 0 saturated carbocycles. The SMILES string of the molecule is CNc1cccc2c1CN(c1cccc(C#N)c1)C2. The Morgan fingerprint density at radius 1 is 1.16 bits per heavy atom. The molecule has 2 aromatic rings. The van der Waals surface area contributed by atoms with Crippen LogP contribution in [0.3, 0.4) is 0 Å². The summed E-state index contributed by atoms with van der Waals surface area (Å²) in [6, 6.07) is 16.3. The van der Waals surface area contributed by atoms with Gasteiger partial charge in [-0.25, -0.2) is 0 Å². The zero-order chi connectivity index (χ0) is 13.2. The second-order valence-corrected chi connectivity index (χ2v) is 4.71. The molecule has 0 amide bonds. The van der Waals surface area contributed by atoms with E-state index in [1.54, 1.807) is 0 Å². The summed E-state index contributed by atoms with van der Waals surface area (Å²) in [6.45, 7) is 1.79. The van der Waals surface area contributed by atoms with Gasteiger partial charge < -0.3 is 10.2 Å². The molecule has 1 heterocycles. The molecule has 0 atom stereocenters. The van der Waals surface area contributed by atoms with Crippen LogP contribution in [-0.2, 0) is 13.1 Å². The standard InChI is InChI=1S/C16H15N3/c1-18-16-7-3-5-13-10-19(11-15(13)16)14-6-2-4-12(8-14)9-17/h2-8,18H,10-11H2,1H3. The lowest BCUT2D eigenvalue weighted by Gasteiger charge is -2.18. The van der Waals surface area contributed by atoms with Crippen molar-refractivity contribution >= 4 is 11.4 Å². The predicted octanol–water partition coefficient (Wildman–Crippen LogP) is 3.12. The Kier molecular flexibility index (Phi) is 2.85. The first-order valence-electron chi connectivity index (χ1n) is 6.35. The first-order valence-corrected chi connectivity index (χ1v) is 6.35. The fourth-order valence-corrected chi connectivity index (χ4v) is 2.61. The minimum atomic E-state index is 0.710. The van der Waals surface area contributed by atoms with Gasteiger partial charge in [0.15, 0.2) is 0 Å². The zero-order valence-electron chi connectivity index (χ0n) is 10.9. The third-order valence-electron chi connectivity index (χ3n) is 3.59. The number of fused-ring (bicyclic) bond motifs is 1. The highest BCUT2D eigenvalue weighted by molar-refractivity contribution is 5.62. The number of hydrogen-bond donors (Lipinski definition) is 1. The van der Waals surface area contributed by atoms with E-state index in [1.807, 2.05) is 25.2 Å². The van der Waals surface area contributed by atoms with E-state index in [0.717, 1.165) is 18.8 Å². The minimum Gasteiger partial charge on any atom is -0.388 e. The highest BCUT2D eigenvalue weighted by Gasteiger charge is 2.21. The van der Waals surface area contributed by atoms with Crippen molar-refractivity contribution in [2.45, 2.75) is 13.1 Å². The molecule has 1 aliphatic heterocycles. The summed E-state index contributed by atoms with van der Waals surface area (Å²) < 4.78 is 0. The van der Waals surface area contributed by atoms with Crippen molar-refractivity contribution in [1.29, 1.82) is 5.26 Å². The van der Waals surface area contributed by atoms with Gasteiger partial charge in [-0.3, -0.25) is 0 Å². The van der Waals surface area contributed by atoms with Crippen molar-refractivity contribution in [3.63, 3.8) is 0 Å². The second-order valence-electron chi connectivity index (χ2n) is 4.71. The highest BCUT2D eigenvalue weighted by Crippen LogP contribution is 2.32. The fraction of sp³-hybridized carbons (Fsp3) is 0.188. The van der Waals surface area contributed by atoms with Crippen LogP contribution in [0.2, 0.25) is 0 Å². The van der Waals surface area contributed by atoms with E-state index in [2.05, 4.69) is 40.6 Å². The molecule has 1 aliphatic rings. The molecule has 0 radical (unpaired) electrons. The van der Waals surface area contributed by atoms with Gasteiger partial charge in [0.05, 0.1) is 11.6 Å². The fourth-order valence-electron chi connectivity index (χ4n) is 2.61. The molecular weight excluding hydrogens is 234 g/mol. The zero-order valence-corrected chi connectivity index (χ0v) is 10.9. The Balaban J connectivity index is 1.93. The summed E-state index contributed by atoms with van der Waals surface area (Å²) in [5, 5.41) is 12.2. The molecule has 0 aromatic heterocycles. The van der Waals surface area contributed by atoms with Crippen LogP contribution in [-0.4, -0.2) is 7.05 Å². The van der Waals surface area contributed by atoms with Crippen LogP contribution >= 0.6 is 0 Å². The monoisotopic (exact) mass is 249 g/mol. The van der Waals surface area contributed by atoms with Gasteiger partial charge in [-0.2, -0.15) is 5.26 Å². The molecule has 0 unspecified atom stereocenters. The molecule has 0 aliphatic carbocycles. The van der Waals surface area contributed by atoms with E-state index in [9.17, 15) is 0 Å². The van der Waals surface area contributed by atoms with Crippen LogP contribution in [0.5, 0.6) is 0 Å². The molecule has 19 heavy (non-hydrogen) atoms. The summed E-state index contributed by atoms with van der Waals surface area (Å²) in [4.78, 5) is 2.30. The van der Waals surface area contributed by atoms with Gasteiger partial charge in [0.2, 0.25) is 0 Å². The Morgan fingerprint density at radius 2 is 2.00 bits per heavy atom. The highest BCUT2D eigenvalue weighted by atomic mass is 15.1. The Hall–Kier alpha value is -2.47. The lowest BCUT2D eigenvalue weighted by Crippen LogP contribution is -2.14. The summed E-state index contributed by atoms with van der Waals surface area (Å²) >= 11 is 0. The van der Waals surface area contributed by atoms with Gasteiger partial charge in [0.1, 0.15) is 0 Å². The molecule has 0 fully saturated rings. The molecule has 0 bridgehead atoms. The lowest BCUT2D eigenvalue weighted by molar-refractivity contribution is 0.880. The molecule has 2 aromatic carbocycles. The summed E-state index contributed by atoms with van der Waals surface area (Å²) in [7, 11) is 1.95. The number of nitrogens with zero attached hydrogens (tertiary/aromatic N) is 2. The molecule has 0 spiro atoms. The smallest absolute Gasteiger partial charge is 0.0992 e. The number of benzene rings is 2. The van der Waals surface area contributed by atoms with E-state index in [-0.39, 0.29) is 0 Å². The van der Waals surface area contributed by atoms with Gasteiger partial charge in [-0.1, -0.05) is 18.2 Å². The van der Waals surface area contributed by atoms with Crippen LogP contribution in [0, 0.1) is 11.3 Å². The van der Waals surface area contributed by atoms with Crippen LogP contribution in [0.1, 0.15) is 16.7 Å². The second kappa shape index (κ2) is 4.66. The Labute approximate surface area is 113 Å². The average molecular weight is 249 g/mol. The maximum Gasteiger partial charge on any atom is 0.0992 e. The van der Waals surface area contributed by atoms with Crippen LogP contribution in [0.25, 0.3) is 0 Å². The maximum absolute atomic E-state index is 8.98. The van der Waals surface area contributed by atoms with Crippen molar-refractivity contribution < 1.29 is 0 Å². The van der Waals surface area contributed by atoms with Crippen LogP contribution in [0.4, 0.5) is 11.4 Å². The van der Waals surface area contributed by atoms with Crippen molar-refractivity contribution in [3.8, 4) is 6.07 Å². The van der Waals surface area contributed by atoms with Crippen molar-refractivity contribution in [3.05, 3.63) is 59.2 Å². The first-order chi connectivity index (χ1) is 9.31. The number of anilines is 2. The summed E-state index contributed by atoms with van der Waals surface area (Å²) in [5.74, 6) is 0. The van der Waals surface area contributed by atoms with Gasteiger partial charge in [0, 0.05) is 31.5 Å². The topological polar surface area (TPSA) is 39.1 Å². The third kappa shape index (κ3) is 2.02. The lowest BCUT2D eigenvalue weighted by atomic mass is 10.1. The van der Waals surface area contributed by atoms with Crippen LogP contribution < -0.4 is 10.2 Å². The quantitative estimate of drug-likeness (QED) is 0.888. The normalized spacial score (nSPS) is 12.9. The Bertz CT molecular complexity index is 655. The van der Waals surface area contributed by atoms with E-state index in [0.29, 0.717) is 5.56 Å². The Morgan fingerprint density at radius 3 is 2.79 bits per heavy atom. The summed E-state index contributed by atoms with van der Waals surface area (Å²) in [6.07, 6.45) is 0. The van der Waals surface area contributed by atoms with E-state index in [4.69, 9.17) is 5.26 Å². The molecule has 94 valence electrons. The number of nitrogens with one attached hydrogen (secondary N) is 1. The van der Waals surface area contributed by atoms with E-state index < -0.39 is 0 Å². The number of nitriles is 1. The molecule has 3 nitrogen and oxygen atoms in total. The van der Waals surface area contributed by atoms with Gasteiger partial charge in [0.25, 0.3) is 0 Å². The van der Waals surface area contributed by atoms with E-state index >= 15 is 0 Å². The molecule has 1 N–H and O–H groups in total.